The Balaban J connectivity index is 2.72. The molecule has 3 nitrogen and oxygen atoms in total. The van der Waals surface area contributed by atoms with Crippen molar-refractivity contribution in [2.24, 2.45) is 0 Å². The largest absolute Gasteiger partial charge is 0.477 e. The van der Waals surface area contributed by atoms with Crippen LogP contribution in [0.1, 0.15) is 35.0 Å². The molecular weight excluding hydrogens is 406 g/mol. The van der Waals surface area contributed by atoms with Gasteiger partial charge in [0.25, 0.3) is 0 Å². The number of nitrogens with two attached hydrogens (primary N) is 1. The minimum atomic E-state index is -0.977. The average molecular weight is 419 g/mol. The number of hydrogen-bond donors (Lipinski definition) is 2. The summed E-state index contributed by atoms with van der Waals surface area (Å²) in [5, 5.41) is 9.25. The van der Waals surface area contributed by atoms with Gasteiger partial charge in [0.1, 0.15) is 4.88 Å². The van der Waals surface area contributed by atoms with Crippen molar-refractivity contribution in [1.82, 2.24) is 0 Å². The molecule has 2 rings (SSSR count). The number of hydrogen-bond acceptors (Lipinski definition) is 3. The minimum Gasteiger partial charge on any atom is -0.477 e. The quantitative estimate of drug-likeness (QED) is 0.706. The lowest BCUT2D eigenvalue weighted by Gasteiger charge is -2.09. The van der Waals surface area contributed by atoms with Gasteiger partial charge in [0.05, 0.1) is 5.69 Å². The first-order valence-corrected chi connectivity index (χ1v) is 8.33. The highest BCUT2D eigenvalue weighted by atomic mass is 79.9. The molecule has 0 amide bonds. The highest BCUT2D eigenvalue weighted by Gasteiger charge is 2.23. The van der Waals surface area contributed by atoms with Crippen molar-refractivity contribution >= 4 is 54.9 Å². The zero-order valence-electron chi connectivity index (χ0n) is 10.9. The Morgan fingerprint density at radius 1 is 1.25 bits per heavy atom. The van der Waals surface area contributed by atoms with E-state index < -0.39 is 5.97 Å². The van der Waals surface area contributed by atoms with E-state index in [-0.39, 0.29) is 10.8 Å². The van der Waals surface area contributed by atoms with Crippen LogP contribution >= 0.6 is 43.2 Å². The van der Waals surface area contributed by atoms with Crippen molar-refractivity contribution < 1.29 is 9.90 Å². The van der Waals surface area contributed by atoms with Gasteiger partial charge in [-0.3, -0.25) is 0 Å². The molecule has 0 saturated heterocycles. The van der Waals surface area contributed by atoms with Crippen molar-refractivity contribution in [2.75, 3.05) is 5.73 Å². The third kappa shape index (κ3) is 2.92. The first kappa shape index (κ1) is 15.5. The van der Waals surface area contributed by atoms with Gasteiger partial charge in [-0.25, -0.2) is 4.79 Å². The molecule has 0 aliphatic rings. The number of thiophene rings is 1. The van der Waals surface area contributed by atoms with Gasteiger partial charge in [-0.1, -0.05) is 45.7 Å². The molecule has 0 aliphatic carbocycles. The van der Waals surface area contributed by atoms with Crippen molar-refractivity contribution in [2.45, 2.75) is 19.8 Å². The number of carboxylic acid groups (broad SMARTS) is 1. The summed E-state index contributed by atoms with van der Waals surface area (Å²) < 4.78 is 1.86. The standard InChI is InChI=1S/C14H13Br2NO2S/c1-6(2)10-11(17)13(14(18)19)20-12(10)7-3-8(15)5-9(16)4-7/h3-6H,17H2,1-2H3,(H,18,19). The van der Waals surface area contributed by atoms with E-state index in [0.29, 0.717) is 5.69 Å². The molecule has 0 spiro atoms. The molecule has 2 aromatic rings. The van der Waals surface area contributed by atoms with Crippen molar-refractivity contribution in [3.05, 3.63) is 37.6 Å². The molecule has 3 N–H and O–H groups in total. The van der Waals surface area contributed by atoms with E-state index in [1.165, 1.54) is 11.3 Å². The number of rotatable bonds is 3. The molecule has 0 bridgehead atoms. The van der Waals surface area contributed by atoms with Gasteiger partial charge in [0, 0.05) is 13.8 Å². The predicted octanol–water partition coefficient (Wildman–Crippen LogP) is 5.34. The van der Waals surface area contributed by atoms with Crippen LogP contribution in [0.5, 0.6) is 0 Å². The van der Waals surface area contributed by atoms with Crippen LogP contribution in [0.25, 0.3) is 10.4 Å². The summed E-state index contributed by atoms with van der Waals surface area (Å²) in [6, 6.07) is 5.87. The minimum absolute atomic E-state index is 0.159. The Hall–Kier alpha value is -0.850. The molecule has 0 radical (unpaired) electrons. The zero-order chi connectivity index (χ0) is 15.0. The van der Waals surface area contributed by atoms with Gasteiger partial charge in [-0.05, 0) is 35.2 Å². The van der Waals surface area contributed by atoms with Crippen LogP contribution in [0.4, 0.5) is 5.69 Å². The lowest BCUT2D eigenvalue weighted by molar-refractivity contribution is 0.0703. The number of nitrogen functional groups attached to an aromatic ring is 1. The maximum Gasteiger partial charge on any atom is 0.348 e. The summed E-state index contributed by atoms with van der Waals surface area (Å²) in [5.74, 6) is -0.818. The Kier molecular flexibility index (Phi) is 4.56. The van der Waals surface area contributed by atoms with Crippen LogP contribution in [0.3, 0.4) is 0 Å². The highest BCUT2D eigenvalue weighted by Crippen LogP contribution is 2.43. The van der Waals surface area contributed by atoms with E-state index in [9.17, 15) is 9.90 Å². The first-order chi connectivity index (χ1) is 9.31. The Bertz CT molecular complexity index is 660. The predicted molar refractivity (Wildman–Crippen MR) is 90.6 cm³/mol. The Morgan fingerprint density at radius 3 is 2.25 bits per heavy atom. The van der Waals surface area contributed by atoms with Crippen molar-refractivity contribution in [3.8, 4) is 10.4 Å². The molecule has 0 unspecified atom stereocenters. The fraction of sp³-hybridized carbons (Fsp3) is 0.214. The summed E-state index contributed by atoms with van der Waals surface area (Å²) in [5.41, 5.74) is 8.26. The van der Waals surface area contributed by atoms with E-state index in [0.717, 1.165) is 24.9 Å². The second-order valence-electron chi connectivity index (χ2n) is 4.71. The van der Waals surface area contributed by atoms with Gasteiger partial charge in [0.2, 0.25) is 0 Å². The van der Waals surface area contributed by atoms with Crippen LogP contribution in [-0.4, -0.2) is 11.1 Å². The van der Waals surface area contributed by atoms with Gasteiger partial charge in [-0.2, -0.15) is 0 Å². The molecule has 1 aromatic carbocycles. The number of carboxylic acids is 1. The van der Waals surface area contributed by atoms with Gasteiger partial charge >= 0.3 is 5.97 Å². The number of anilines is 1. The topological polar surface area (TPSA) is 63.3 Å². The molecule has 6 heteroatoms. The van der Waals surface area contributed by atoms with E-state index in [1.807, 2.05) is 32.0 Å². The lowest BCUT2D eigenvalue weighted by Crippen LogP contribution is -2.00. The van der Waals surface area contributed by atoms with E-state index in [2.05, 4.69) is 31.9 Å². The normalized spacial score (nSPS) is 11.1. The number of carbonyl (C=O) groups is 1. The summed E-state index contributed by atoms with van der Waals surface area (Å²) in [6.07, 6.45) is 0. The maximum absolute atomic E-state index is 11.3. The molecule has 106 valence electrons. The molecule has 20 heavy (non-hydrogen) atoms. The molecule has 1 heterocycles. The zero-order valence-corrected chi connectivity index (χ0v) is 14.9. The SMILES string of the molecule is CC(C)c1c(-c2cc(Br)cc(Br)c2)sc(C(=O)O)c1N. The molecule has 1 aromatic heterocycles. The van der Waals surface area contributed by atoms with Crippen LogP contribution in [0, 0.1) is 0 Å². The smallest absolute Gasteiger partial charge is 0.348 e. The Morgan fingerprint density at radius 2 is 1.80 bits per heavy atom. The maximum atomic E-state index is 11.3. The first-order valence-electron chi connectivity index (χ1n) is 5.93. The molecule has 0 aliphatic heterocycles. The Labute approximate surface area is 138 Å². The van der Waals surface area contributed by atoms with Crippen molar-refractivity contribution in [3.63, 3.8) is 0 Å². The molecular formula is C14H13Br2NO2S. The lowest BCUT2D eigenvalue weighted by atomic mass is 9.98. The van der Waals surface area contributed by atoms with Crippen LogP contribution in [0.2, 0.25) is 0 Å². The van der Waals surface area contributed by atoms with E-state index in [4.69, 9.17) is 5.73 Å². The third-order valence-corrected chi connectivity index (χ3v) is 5.05. The fourth-order valence-electron chi connectivity index (χ4n) is 2.09. The summed E-state index contributed by atoms with van der Waals surface area (Å²) in [6.45, 7) is 4.03. The second kappa shape index (κ2) is 5.87. The van der Waals surface area contributed by atoms with Crippen molar-refractivity contribution in [1.29, 1.82) is 0 Å². The monoisotopic (exact) mass is 417 g/mol. The fourth-order valence-corrected chi connectivity index (χ4v) is 4.58. The van der Waals surface area contributed by atoms with Gasteiger partial charge in [-0.15, -0.1) is 11.3 Å². The molecule has 0 saturated carbocycles. The van der Waals surface area contributed by atoms with E-state index >= 15 is 0 Å². The summed E-state index contributed by atoms with van der Waals surface area (Å²) in [4.78, 5) is 12.4. The third-order valence-electron chi connectivity index (χ3n) is 2.88. The van der Waals surface area contributed by atoms with Gasteiger partial charge < -0.3 is 10.8 Å². The van der Waals surface area contributed by atoms with Crippen LogP contribution in [0.15, 0.2) is 27.1 Å². The molecule has 0 atom stereocenters. The number of halogens is 2. The average Bonchev–Trinajstić information content (AvgIpc) is 2.65. The summed E-state index contributed by atoms with van der Waals surface area (Å²) in [7, 11) is 0. The molecule has 0 fully saturated rings. The second-order valence-corrected chi connectivity index (χ2v) is 7.56. The van der Waals surface area contributed by atoms with E-state index in [1.54, 1.807) is 0 Å². The van der Waals surface area contributed by atoms with Crippen LogP contribution in [-0.2, 0) is 0 Å². The highest BCUT2D eigenvalue weighted by molar-refractivity contribution is 9.11. The summed E-state index contributed by atoms with van der Waals surface area (Å²) >= 11 is 8.13. The van der Waals surface area contributed by atoms with Crippen LogP contribution < -0.4 is 5.73 Å². The van der Waals surface area contributed by atoms with Gasteiger partial charge in [0.15, 0.2) is 0 Å². The number of benzene rings is 1. The number of aromatic carboxylic acids is 1.